The van der Waals surface area contributed by atoms with Crippen LogP contribution in [0.25, 0.3) is 0 Å². The Morgan fingerprint density at radius 3 is 2.52 bits per heavy atom. The molecule has 33 heavy (non-hydrogen) atoms. The second-order valence-corrected chi connectivity index (χ2v) is 9.44. The molecule has 5 nitrogen and oxygen atoms in total. The van der Waals surface area contributed by atoms with Crippen LogP contribution in [0.4, 0.5) is 4.39 Å². The van der Waals surface area contributed by atoms with E-state index < -0.39 is 6.04 Å². The van der Waals surface area contributed by atoms with Crippen LogP contribution >= 0.6 is 11.3 Å². The van der Waals surface area contributed by atoms with Gasteiger partial charge in [-0.25, -0.2) is 4.39 Å². The Morgan fingerprint density at radius 2 is 1.85 bits per heavy atom. The number of rotatable bonds is 8. The number of aromatic nitrogens is 1. The quantitative estimate of drug-likeness (QED) is 0.507. The fourth-order valence-electron chi connectivity index (χ4n) is 4.27. The molecule has 1 aromatic carbocycles. The molecule has 0 aliphatic heterocycles. The summed E-state index contributed by atoms with van der Waals surface area (Å²) in [6, 6.07) is 14.5. The Hall–Kier alpha value is -3.06. The molecule has 1 aliphatic carbocycles. The number of carbonyl (C=O) groups excluding carboxylic acids is 2. The van der Waals surface area contributed by atoms with Crippen molar-refractivity contribution < 1.29 is 14.0 Å². The van der Waals surface area contributed by atoms with Gasteiger partial charge in [-0.15, -0.1) is 11.3 Å². The molecule has 0 radical (unpaired) electrons. The summed E-state index contributed by atoms with van der Waals surface area (Å²) in [5.41, 5.74) is 1.27. The van der Waals surface area contributed by atoms with Gasteiger partial charge in [0.25, 0.3) is 0 Å². The van der Waals surface area contributed by atoms with Gasteiger partial charge < -0.3 is 10.2 Å². The van der Waals surface area contributed by atoms with Crippen molar-refractivity contribution in [2.75, 3.05) is 0 Å². The number of pyridine rings is 1. The molecule has 3 aromatic rings. The highest BCUT2D eigenvalue weighted by Crippen LogP contribution is 2.26. The van der Waals surface area contributed by atoms with Gasteiger partial charge in [-0.1, -0.05) is 43.5 Å². The number of hydrogen-bond acceptors (Lipinski definition) is 4. The Labute approximate surface area is 197 Å². The summed E-state index contributed by atoms with van der Waals surface area (Å²) in [5, 5.41) is 5.11. The zero-order valence-corrected chi connectivity index (χ0v) is 19.3. The third-order valence-electron chi connectivity index (χ3n) is 5.97. The number of halogens is 1. The van der Waals surface area contributed by atoms with Crippen LogP contribution in [-0.2, 0) is 22.6 Å². The molecule has 1 unspecified atom stereocenters. The van der Waals surface area contributed by atoms with Crippen LogP contribution in [0.1, 0.15) is 54.3 Å². The largest absolute Gasteiger partial charge is 0.351 e. The maximum Gasteiger partial charge on any atom is 0.249 e. The van der Waals surface area contributed by atoms with Gasteiger partial charge in [0, 0.05) is 23.7 Å². The van der Waals surface area contributed by atoms with Gasteiger partial charge in [-0.2, -0.15) is 0 Å². The van der Waals surface area contributed by atoms with E-state index in [2.05, 4.69) is 10.3 Å². The molecule has 1 N–H and O–H groups in total. The molecule has 1 atom stereocenters. The highest BCUT2D eigenvalue weighted by molar-refractivity contribution is 7.10. The maximum absolute atomic E-state index is 13.6. The van der Waals surface area contributed by atoms with E-state index in [0.717, 1.165) is 36.1 Å². The topological polar surface area (TPSA) is 62.3 Å². The third kappa shape index (κ3) is 6.26. The van der Waals surface area contributed by atoms with Gasteiger partial charge in [0.05, 0.1) is 12.1 Å². The molecule has 1 fully saturated rings. The maximum atomic E-state index is 13.6. The zero-order chi connectivity index (χ0) is 23.0. The molecule has 2 heterocycles. The molecule has 172 valence electrons. The van der Waals surface area contributed by atoms with Gasteiger partial charge in [0.15, 0.2) is 6.04 Å². The Kier molecular flexibility index (Phi) is 7.83. The summed E-state index contributed by atoms with van der Waals surface area (Å²) in [7, 11) is 0. The van der Waals surface area contributed by atoms with Crippen molar-refractivity contribution in [3.05, 3.63) is 88.1 Å². The summed E-state index contributed by atoms with van der Waals surface area (Å²) in [5.74, 6) is -0.731. The lowest BCUT2D eigenvalue weighted by molar-refractivity contribution is -0.141. The first-order valence-corrected chi connectivity index (χ1v) is 12.3. The predicted molar refractivity (Wildman–Crippen MR) is 127 cm³/mol. The van der Waals surface area contributed by atoms with Crippen LogP contribution in [0, 0.1) is 5.82 Å². The summed E-state index contributed by atoms with van der Waals surface area (Å²) >= 11 is 1.51. The van der Waals surface area contributed by atoms with E-state index in [4.69, 9.17) is 0 Å². The van der Waals surface area contributed by atoms with Crippen molar-refractivity contribution in [2.45, 2.75) is 57.2 Å². The molecular weight excluding hydrogens is 437 g/mol. The highest BCUT2D eigenvalue weighted by atomic mass is 32.1. The lowest BCUT2D eigenvalue weighted by Gasteiger charge is -2.33. The molecule has 1 saturated carbocycles. The molecule has 1 aliphatic rings. The van der Waals surface area contributed by atoms with Crippen molar-refractivity contribution in [3.63, 3.8) is 0 Å². The number of nitrogens with zero attached hydrogens (tertiary/aromatic N) is 2. The summed E-state index contributed by atoms with van der Waals surface area (Å²) in [6.45, 7) is 0.184. The van der Waals surface area contributed by atoms with Crippen LogP contribution in [0.3, 0.4) is 0 Å². The van der Waals surface area contributed by atoms with Gasteiger partial charge in [-0.3, -0.25) is 14.6 Å². The third-order valence-corrected chi connectivity index (χ3v) is 6.85. The van der Waals surface area contributed by atoms with Crippen molar-refractivity contribution in [3.8, 4) is 0 Å². The van der Waals surface area contributed by atoms with E-state index >= 15 is 0 Å². The first-order valence-electron chi connectivity index (χ1n) is 11.4. The number of hydrogen-bond donors (Lipinski definition) is 1. The number of benzene rings is 1. The Morgan fingerprint density at radius 1 is 1.06 bits per heavy atom. The van der Waals surface area contributed by atoms with Crippen molar-refractivity contribution in [2.24, 2.45) is 0 Å². The van der Waals surface area contributed by atoms with E-state index in [9.17, 15) is 14.0 Å². The van der Waals surface area contributed by atoms with E-state index in [0.29, 0.717) is 5.69 Å². The van der Waals surface area contributed by atoms with Crippen LogP contribution < -0.4 is 5.32 Å². The predicted octanol–water partition coefficient (Wildman–Crippen LogP) is 5.04. The number of amides is 2. The molecule has 4 rings (SSSR count). The van der Waals surface area contributed by atoms with E-state index in [1.807, 2.05) is 23.6 Å². The molecule has 2 amide bonds. The van der Waals surface area contributed by atoms with Crippen LogP contribution in [-0.4, -0.2) is 27.7 Å². The summed E-state index contributed by atoms with van der Waals surface area (Å²) < 4.78 is 13.5. The lowest BCUT2D eigenvalue weighted by atomic mass is 9.95. The van der Waals surface area contributed by atoms with E-state index in [1.165, 1.54) is 29.9 Å². The van der Waals surface area contributed by atoms with Crippen LogP contribution in [0.15, 0.2) is 66.2 Å². The minimum Gasteiger partial charge on any atom is -0.351 e. The van der Waals surface area contributed by atoms with Gasteiger partial charge >= 0.3 is 0 Å². The van der Waals surface area contributed by atoms with Gasteiger partial charge in [0.1, 0.15) is 5.82 Å². The van der Waals surface area contributed by atoms with E-state index in [1.54, 1.807) is 35.4 Å². The Balaban J connectivity index is 1.66. The van der Waals surface area contributed by atoms with Crippen molar-refractivity contribution >= 4 is 23.2 Å². The Bertz CT molecular complexity index is 1040. The summed E-state index contributed by atoms with van der Waals surface area (Å²) in [4.78, 5) is 34.1. The molecule has 0 saturated heterocycles. The average Bonchev–Trinajstić information content (AvgIpc) is 3.34. The fourth-order valence-corrected chi connectivity index (χ4v) is 4.97. The monoisotopic (exact) mass is 465 g/mol. The summed E-state index contributed by atoms with van der Waals surface area (Å²) in [6.07, 6.45) is 7.09. The minimum atomic E-state index is -0.870. The second kappa shape index (κ2) is 11.2. The highest BCUT2D eigenvalue weighted by Gasteiger charge is 2.34. The van der Waals surface area contributed by atoms with Crippen LogP contribution in [0.5, 0.6) is 0 Å². The number of thiophene rings is 1. The fraction of sp³-hybridized carbons (Fsp3) is 0.346. The minimum absolute atomic E-state index is 0.109. The standard InChI is InChI=1S/C26H28FN3O2S/c27-20-13-11-19(12-14-20)18-30(24(31)17-22-9-6-16-33-22)25(23-10-4-5-15-28-23)26(32)29-21-7-2-1-3-8-21/h4-6,9-16,21,25H,1-3,7-8,17-18H2,(H,29,32). The molecule has 0 spiro atoms. The molecular formula is C26H28FN3O2S. The molecule has 7 heteroatoms. The van der Waals surface area contributed by atoms with Gasteiger partial charge in [0.2, 0.25) is 11.8 Å². The smallest absolute Gasteiger partial charge is 0.249 e. The van der Waals surface area contributed by atoms with Crippen molar-refractivity contribution in [1.82, 2.24) is 15.2 Å². The second-order valence-electron chi connectivity index (χ2n) is 8.40. The van der Waals surface area contributed by atoms with Crippen molar-refractivity contribution in [1.29, 1.82) is 0 Å². The first-order chi connectivity index (χ1) is 16.1. The van der Waals surface area contributed by atoms with Gasteiger partial charge in [-0.05, 0) is 54.1 Å². The number of nitrogens with one attached hydrogen (secondary N) is 1. The SMILES string of the molecule is O=C(NC1CCCCC1)C(c1ccccn1)N(Cc1ccc(F)cc1)C(=O)Cc1cccs1. The average molecular weight is 466 g/mol. The number of carbonyl (C=O) groups is 2. The van der Waals surface area contributed by atoms with E-state index in [-0.39, 0.29) is 36.6 Å². The zero-order valence-electron chi connectivity index (χ0n) is 18.5. The molecule has 2 aromatic heterocycles. The molecule has 0 bridgehead atoms. The normalized spacial score (nSPS) is 15.1. The first kappa shape index (κ1) is 23.1. The van der Waals surface area contributed by atoms with Crippen LogP contribution in [0.2, 0.25) is 0 Å². The lowest BCUT2D eigenvalue weighted by Crippen LogP contribution is -2.47.